The smallest absolute Gasteiger partial charge is 0.341 e. The van der Waals surface area contributed by atoms with Crippen LogP contribution in [0.5, 0.6) is 11.5 Å². The highest BCUT2D eigenvalue weighted by atomic mass is 32.1. The number of amides is 2. The number of ether oxygens (including phenoxy) is 3. The zero-order valence-electron chi connectivity index (χ0n) is 19.9. The molecule has 36 heavy (non-hydrogen) atoms. The van der Waals surface area contributed by atoms with E-state index in [0.717, 1.165) is 17.4 Å². The molecule has 0 atom stereocenters. The number of non-ortho nitro benzene ring substituents is 1. The van der Waals surface area contributed by atoms with Crippen molar-refractivity contribution in [3.8, 4) is 11.5 Å². The lowest BCUT2D eigenvalue weighted by molar-refractivity contribution is -0.384. The molecule has 0 aliphatic heterocycles. The summed E-state index contributed by atoms with van der Waals surface area (Å²) in [5.41, 5.74) is 0.408. The van der Waals surface area contributed by atoms with E-state index in [4.69, 9.17) is 14.2 Å². The van der Waals surface area contributed by atoms with Crippen LogP contribution in [0.25, 0.3) is 0 Å². The minimum atomic E-state index is -0.724. The number of anilines is 2. The van der Waals surface area contributed by atoms with Crippen molar-refractivity contribution in [1.29, 1.82) is 0 Å². The van der Waals surface area contributed by atoms with E-state index in [0.29, 0.717) is 22.7 Å². The second-order valence-corrected chi connectivity index (χ2v) is 8.28. The van der Waals surface area contributed by atoms with Crippen molar-refractivity contribution < 1.29 is 33.5 Å². The highest BCUT2D eigenvalue weighted by Crippen LogP contribution is 2.36. The van der Waals surface area contributed by atoms with Crippen molar-refractivity contribution in [1.82, 2.24) is 0 Å². The average molecular weight is 514 g/mol. The molecule has 0 spiro atoms. The lowest BCUT2D eigenvalue weighted by Crippen LogP contribution is -2.15. The summed E-state index contributed by atoms with van der Waals surface area (Å²) in [5, 5.41) is 16.5. The van der Waals surface area contributed by atoms with Gasteiger partial charge in [-0.15, -0.1) is 11.3 Å². The van der Waals surface area contributed by atoms with E-state index in [1.807, 2.05) is 0 Å². The molecular weight excluding hydrogens is 490 g/mol. The van der Waals surface area contributed by atoms with Crippen LogP contribution in [0.3, 0.4) is 0 Å². The largest absolute Gasteiger partial charge is 0.497 e. The summed E-state index contributed by atoms with van der Waals surface area (Å²) in [6, 6.07) is 10.0. The Morgan fingerprint density at radius 2 is 1.78 bits per heavy atom. The maximum absolute atomic E-state index is 13.2. The van der Waals surface area contributed by atoms with Gasteiger partial charge in [0.25, 0.3) is 17.5 Å². The third-order valence-electron chi connectivity index (χ3n) is 5.03. The first-order valence-corrected chi connectivity index (χ1v) is 11.4. The van der Waals surface area contributed by atoms with Crippen LogP contribution < -0.4 is 20.1 Å². The van der Waals surface area contributed by atoms with Gasteiger partial charge in [-0.05, 0) is 37.6 Å². The van der Waals surface area contributed by atoms with Crippen LogP contribution in [0, 0.1) is 17.0 Å². The third kappa shape index (κ3) is 5.61. The molecule has 0 radical (unpaired) electrons. The van der Waals surface area contributed by atoms with Gasteiger partial charge in [-0.3, -0.25) is 19.7 Å². The van der Waals surface area contributed by atoms with Crippen LogP contribution in [0.4, 0.5) is 16.4 Å². The maximum Gasteiger partial charge on any atom is 0.341 e. The Hall–Kier alpha value is -4.45. The lowest BCUT2D eigenvalue weighted by Gasteiger charge is -2.11. The van der Waals surface area contributed by atoms with Gasteiger partial charge in [0.2, 0.25) is 0 Å². The van der Waals surface area contributed by atoms with Crippen molar-refractivity contribution in [2.75, 3.05) is 31.5 Å². The standard InChI is InChI=1S/C24H23N3O8S/c1-5-35-24(30)19-13(2)20(22(29)25-17-12-16(33-3)9-10-18(17)34-4)36-23(19)26-21(28)14-7-6-8-15(11-14)27(31)32/h6-12H,5H2,1-4H3,(H,25,29)(H,26,28). The van der Waals surface area contributed by atoms with E-state index in [1.165, 1.54) is 32.4 Å². The zero-order valence-corrected chi connectivity index (χ0v) is 20.7. The number of nitro groups is 1. The first-order valence-electron chi connectivity index (χ1n) is 10.6. The second-order valence-electron chi connectivity index (χ2n) is 7.26. The number of thiophene rings is 1. The molecule has 188 valence electrons. The van der Waals surface area contributed by atoms with Crippen molar-refractivity contribution in [2.45, 2.75) is 13.8 Å². The fourth-order valence-electron chi connectivity index (χ4n) is 3.29. The van der Waals surface area contributed by atoms with E-state index in [9.17, 15) is 24.5 Å². The molecule has 0 aliphatic rings. The van der Waals surface area contributed by atoms with Gasteiger partial charge in [0.05, 0.1) is 41.9 Å². The molecule has 2 N–H and O–H groups in total. The van der Waals surface area contributed by atoms with Crippen LogP contribution in [-0.4, -0.2) is 43.5 Å². The first kappa shape index (κ1) is 26.2. The minimum Gasteiger partial charge on any atom is -0.497 e. The summed E-state index contributed by atoms with van der Waals surface area (Å²) < 4.78 is 15.6. The Bertz CT molecular complexity index is 1330. The third-order valence-corrected chi connectivity index (χ3v) is 6.24. The Kier molecular flexibility index (Phi) is 8.22. The van der Waals surface area contributed by atoms with Gasteiger partial charge in [0, 0.05) is 23.8 Å². The van der Waals surface area contributed by atoms with Crippen LogP contribution >= 0.6 is 11.3 Å². The molecule has 11 nitrogen and oxygen atoms in total. The Morgan fingerprint density at radius 1 is 1.03 bits per heavy atom. The highest BCUT2D eigenvalue weighted by Gasteiger charge is 2.27. The molecule has 2 aromatic carbocycles. The fraction of sp³-hybridized carbons (Fsp3) is 0.208. The summed E-state index contributed by atoms with van der Waals surface area (Å²) in [5.74, 6) is -1.08. The monoisotopic (exact) mass is 513 g/mol. The number of nitrogens with zero attached hydrogens (tertiary/aromatic N) is 1. The molecule has 3 aromatic rings. The van der Waals surface area contributed by atoms with Gasteiger partial charge in [0.15, 0.2) is 0 Å². The first-order chi connectivity index (χ1) is 17.2. The number of hydrogen-bond donors (Lipinski definition) is 2. The normalized spacial score (nSPS) is 10.3. The number of nitro benzene ring substituents is 1. The van der Waals surface area contributed by atoms with E-state index >= 15 is 0 Å². The van der Waals surface area contributed by atoms with Gasteiger partial charge >= 0.3 is 5.97 Å². The van der Waals surface area contributed by atoms with Crippen LogP contribution in [0.15, 0.2) is 42.5 Å². The average Bonchev–Trinajstić information content (AvgIpc) is 3.19. The summed E-state index contributed by atoms with van der Waals surface area (Å²) >= 11 is 0.874. The molecule has 0 saturated carbocycles. The molecule has 0 unspecified atom stereocenters. The van der Waals surface area contributed by atoms with Gasteiger partial charge in [-0.25, -0.2) is 4.79 Å². The number of methoxy groups -OCH3 is 2. The number of rotatable bonds is 9. The number of esters is 1. The van der Waals surface area contributed by atoms with E-state index in [1.54, 1.807) is 32.0 Å². The fourth-order valence-corrected chi connectivity index (χ4v) is 4.38. The number of hydrogen-bond acceptors (Lipinski definition) is 9. The van der Waals surface area contributed by atoms with Crippen LogP contribution in [0.2, 0.25) is 0 Å². The van der Waals surface area contributed by atoms with Crippen LogP contribution in [-0.2, 0) is 4.74 Å². The van der Waals surface area contributed by atoms with Crippen molar-refractivity contribution in [2.24, 2.45) is 0 Å². The number of carbonyl (C=O) groups excluding carboxylic acids is 3. The van der Waals surface area contributed by atoms with Gasteiger partial charge in [-0.1, -0.05) is 6.07 Å². The van der Waals surface area contributed by atoms with Gasteiger partial charge in [0.1, 0.15) is 16.5 Å². The molecule has 2 amide bonds. The molecule has 1 aromatic heterocycles. The predicted molar refractivity (Wildman–Crippen MR) is 134 cm³/mol. The maximum atomic E-state index is 13.2. The summed E-state index contributed by atoms with van der Waals surface area (Å²) in [6.45, 7) is 3.27. The van der Waals surface area contributed by atoms with E-state index in [2.05, 4.69) is 10.6 Å². The molecular formula is C24H23N3O8S. The Morgan fingerprint density at radius 3 is 2.42 bits per heavy atom. The van der Waals surface area contributed by atoms with Crippen molar-refractivity contribution in [3.05, 3.63) is 74.1 Å². The molecule has 0 fully saturated rings. The van der Waals surface area contributed by atoms with E-state index in [-0.39, 0.29) is 33.3 Å². The highest BCUT2D eigenvalue weighted by molar-refractivity contribution is 7.19. The van der Waals surface area contributed by atoms with E-state index < -0.39 is 22.7 Å². The van der Waals surface area contributed by atoms with Crippen molar-refractivity contribution >= 4 is 45.5 Å². The SMILES string of the molecule is CCOC(=O)c1c(NC(=O)c2cccc([N+](=O)[O-])c2)sc(C(=O)Nc2cc(OC)ccc2OC)c1C. The molecule has 0 bridgehead atoms. The summed E-state index contributed by atoms with van der Waals surface area (Å²) in [7, 11) is 2.94. The molecule has 3 rings (SSSR count). The Balaban J connectivity index is 1.98. The number of nitrogens with one attached hydrogen (secondary N) is 2. The van der Waals surface area contributed by atoms with Crippen LogP contribution in [0.1, 0.15) is 42.9 Å². The number of benzene rings is 2. The van der Waals surface area contributed by atoms with Crippen molar-refractivity contribution in [3.63, 3.8) is 0 Å². The second kappa shape index (κ2) is 11.3. The van der Waals surface area contributed by atoms with Gasteiger partial charge < -0.3 is 24.8 Å². The predicted octanol–water partition coefficient (Wildman–Crippen LogP) is 4.66. The lowest BCUT2D eigenvalue weighted by atomic mass is 10.1. The molecule has 0 aliphatic carbocycles. The van der Waals surface area contributed by atoms with Gasteiger partial charge in [-0.2, -0.15) is 0 Å². The topological polar surface area (TPSA) is 146 Å². The minimum absolute atomic E-state index is 0.0113. The zero-order chi connectivity index (χ0) is 26.4. The quantitative estimate of drug-likeness (QED) is 0.239. The molecule has 1 heterocycles. The summed E-state index contributed by atoms with van der Waals surface area (Å²) in [6.07, 6.45) is 0. The molecule has 0 saturated heterocycles. The summed E-state index contributed by atoms with van der Waals surface area (Å²) in [4.78, 5) is 49.3. The molecule has 12 heteroatoms. The Labute approximate surface area is 210 Å². The number of carbonyl (C=O) groups is 3.